The predicted molar refractivity (Wildman–Crippen MR) is 81.6 cm³/mol. The van der Waals surface area contributed by atoms with E-state index in [1.807, 2.05) is 38.1 Å². The number of aryl methyl sites for hydroxylation is 1. The zero-order valence-electron chi connectivity index (χ0n) is 12.8. The molecule has 1 aliphatic heterocycles. The number of carboxylic acid groups (broad SMARTS) is 1. The second kappa shape index (κ2) is 5.76. The zero-order chi connectivity index (χ0) is 15.6. The number of nitrogens with zero attached hydrogens (tertiary/aromatic N) is 2. The van der Waals surface area contributed by atoms with Crippen molar-refractivity contribution < 1.29 is 14.7 Å². The van der Waals surface area contributed by atoms with E-state index in [0.717, 1.165) is 17.7 Å². The first-order valence-corrected chi connectivity index (χ1v) is 7.28. The van der Waals surface area contributed by atoms with Crippen molar-refractivity contribution in [3.05, 3.63) is 29.8 Å². The number of hydrogen-bond acceptors (Lipinski definition) is 2. The van der Waals surface area contributed by atoms with Gasteiger partial charge in [-0.25, -0.2) is 9.59 Å². The van der Waals surface area contributed by atoms with Gasteiger partial charge in [0.1, 0.15) is 5.54 Å². The molecule has 5 nitrogen and oxygen atoms in total. The molecule has 1 saturated heterocycles. The molecule has 0 spiro atoms. The summed E-state index contributed by atoms with van der Waals surface area (Å²) in [4.78, 5) is 27.4. The minimum absolute atomic E-state index is 0.249. The Morgan fingerprint density at radius 1 is 1.33 bits per heavy atom. The third kappa shape index (κ3) is 2.60. The van der Waals surface area contributed by atoms with Crippen molar-refractivity contribution >= 4 is 17.7 Å². The Bertz CT molecular complexity index is 541. The van der Waals surface area contributed by atoms with E-state index in [0.29, 0.717) is 19.4 Å². The smallest absolute Gasteiger partial charge is 0.329 e. The van der Waals surface area contributed by atoms with Crippen LogP contribution in [-0.4, -0.2) is 41.1 Å². The van der Waals surface area contributed by atoms with E-state index in [-0.39, 0.29) is 6.03 Å². The van der Waals surface area contributed by atoms with E-state index in [4.69, 9.17) is 0 Å². The standard InChI is InChI=1S/C16H22N2O3/c1-4-16(14(19)20)10-5-11-18(16)15(21)17(3)13-8-6-12(2)7-9-13/h6-9H,4-5,10-11H2,1-3H3,(H,19,20). The highest BCUT2D eigenvalue weighted by Gasteiger charge is 2.49. The SMILES string of the molecule is CCC1(C(=O)O)CCCN1C(=O)N(C)c1ccc(C)cc1. The molecule has 1 aliphatic rings. The van der Waals surface area contributed by atoms with Crippen LogP contribution in [0.25, 0.3) is 0 Å². The van der Waals surface area contributed by atoms with Crippen molar-refractivity contribution in [1.82, 2.24) is 4.90 Å². The van der Waals surface area contributed by atoms with Crippen LogP contribution in [-0.2, 0) is 4.79 Å². The lowest BCUT2D eigenvalue weighted by Gasteiger charge is -2.36. The molecule has 114 valence electrons. The summed E-state index contributed by atoms with van der Waals surface area (Å²) in [5.74, 6) is -0.909. The van der Waals surface area contributed by atoms with Crippen molar-refractivity contribution in [3.63, 3.8) is 0 Å². The number of benzene rings is 1. The van der Waals surface area contributed by atoms with Crippen LogP contribution in [0.2, 0.25) is 0 Å². The lowest BCUT2D eigenvalue weighted by Crippen LogP contribution is -2.56. The van der Waals surface area contributed by atoms with Crippen LogP contribution >= 0.6 is 0 Å². The maximum absolute atomic E-state index is 12.7. The van der Waals surface area contributed by atoms with Gasteiger partial charge in [0.05, 0.1) is 0 Å². The van der Waals surface area contributed by atoms with Gasteiger partial charge >= 0.3 is 12.0 Å². The largest absolute Gasteiger partial charge is 0.479 e. The quantitative estimate of drug-likeness (QED) is 0.931. The number of carboxylic acids is 1. The lowest BCUT2D eigenvalue weighted by molar-refractivity contribution is -0.148. The molecule has 5 heteroatoms. The molecule has 1 aromatic carbocycles. The average Bonchev–Trinajstić information content (AvgIpc) is 2.91. The fourth-order valence-electron chi connectivity index (χ4n) is 2.96. The third-order valence-electron chi connectivity index (χ3n) is 4.41. The first-order chi connectivity index (χ1) is 9.92. The van der Waals surface area contributed by atoms with E-state index in [2.05, 4.69) is 0 Å². The summed E-state index contributed by atoms with van der Waals surface area (Å²) in [6, 6.07) is 7.37. The van der Waals surface area contributed by atoms with Crippen LogP contribution in [0.4, 0.5) is 10.5 Å². The molecule has 21 heavy (non-hydrogen) atoms. The topological polar surface area (TPSA) is 60.9 Å². The molecule has 0 aromatic heterocycles. The van der Waals surface area contributed by atoms with Gasteiger partial charge < -0.3 is 10.0 Å². The third-order valence-corrected chi connectivity index (χ3v) is 4.41. The summed E-state index contributed by atoms with van der Waals surface area (Å²) in [5.41, 5.74) is 0.831. The molecule has 2 rings (SSSR count). The minimum atomic E-state index is -1.06. The molecule has 1 N–H and O–H groups in total. The molecule has 1 atom stereocenters. The van der Waals surface area contributed by atoms with E-state index >= 15 is 0 Å². The van der Waals surface area contributed by atoms with Crippen LogP contribution in [0.3, 0.4) is 0 Å². The summed E-state index contributed by atoms with van der Waals surface area (Å²) < 4.78 is 0. The number of urea groups is 1. The fourth-order valence-corrected chi connectivity index (χ4v) is 2.96. The maximum atomic E-state index is 12.7. The molecule has 2 amide bonds. The number of anilines is 1. The second-order valence-corrected chi connectivity index (χ2v) is 5.62. The Hall–Kier alpha value is -2.04. The van der Waals surface area contributed by atoms with Crippen molar-refractivity contribution in [2.45, 2.75) is 38.6 Å². The molecule has 1 aromatic rings. The van der Waals surface area contributed by atoms with Crippen LogP contribution in [0.15, 0.2) is 24.3 Å². The number of carbonyl (C=O) groups excluding carboxylic acids is 1. The van der Waals surface area contributed by atoms with Gasteiger partial charge in [-0.15, -0.1) is 0 Å². The van der Waals surface area contributed by atoms with E-state index in [1.54, 1.807) is 7.05 Å². The number of rotatable bonds is 3. The molecular weight excluding hydrogens is 268 g/mol. The number of amides is 2. The van der Waals surface area contributed by atoms with Gasteiger partial charge in [0.25, 0.3) is 0 Å². The summed E-state index contributed by atoms with van der Waals surface area (Å²) in [7, 11) is 1.69. The predicted octanol–water partition coefficient (Wildman–Crippen LogP) is 2.88. The molecule has 0 aliphatic carbocycles. The van der Waals surface area contributed by atoms with Crippen LogP contribution in [0.5, 0.6) is 0 Å². The van der Waals surface area contributed by atoms with Crippen LogP contribution < -0.4 is 4.90 Å². The van der Waals surface area contributed by atoms with Gasteiger partial charge in [-0.2, -0.15) is 0 Å². The molecule has 0 saturated carbocycles. The highest BCUT2D eigenvalue weighted by atomic mass is 16.4. The van der Waals surface area contributed by atoms with Crippen molar-refractivity contribution in [1.29, 1.82) is 0 Å². The number of likely N-dealkylation sites (tertiary alicyclic amines) is 1. The van der Waals surface area contributed by atoms with Gasteiger partial charge in [0.15, 0.2) is 0 Å². The molecular formula is C16H22N2O3. The Kier molecular flexibility index (Phi) is 4.21. The van der Waals surface area contributed by atoms with E-state index in [1.165, 1.54) is 9.80 Å². The van der Waals surface area contributed by atoms with E-state index < -0.39 is 11.5 Å². The first kappa shape index (κ1) is 15.4. The number of carbonyl (C=O) groups is 2. The molecule has 0 radical (unpaired) electrons. The monoisotopic (exact) mass is 290 g/mol. The van der Waals surface area contributed by atoms with Crippen molar-refractivity contribution in [2.24, 2.45) is 0 Å². The number of aliphatic carboxylic acids is 1. The Labute approximate surface area is 125 Å². The van der Waals surface area contributed by atoms with Crippen molar-refractivity contribution in [2.75, 3.05) is 18.5 Å². The van der Waals surface area contributed by atoms with Gasteiger partial charge in [0.2, 0.25) is 0 Å². The Balaban J connectivity index is 2.26. The highest BCUT2D eigenvalue weighted by Crippen LogP contribution is 2.34. The molecule has 1 heterocycles. The van der Waals surface area contributed by atoms with Crippen molar-refractivity contribution in [3.8, 4) is 0 Å². The van der Waals surface area contributed by atoms with Gasteiger partial charge in [-0.3, -0.25) is 4.90 Å². The highest BCUT2D eigenvalue weighted by molar-refractivity contribution is 5.96. The maximum Gasteiger partial charge on any atom is 0.329 e. The lowest BCUT2D eigenvalue weighted by atomic mass is 9.93. The average molecular weight is 290 g/mol. The molecule has 1 fully saturated rings. The summed E-state index contributed by atoms with van der Waals surface area (Å²) in [5, 5.41) is 9.56. The van der Waals surface area contributed by atoms with E-state index in [9.17, 15) is 14.7 Å². The Morgan fingerprint density at radius 2 is 1.95 bits per heavy atom. The van der Waals surface area contributed by atoms with Crippen LogP contribution in [0.1, 0.15) is 31.7 Å². The first-order valence-electron chi connectivity index (χ1n) is 7.28. The minimum Gasteiger partial charge on any atom is -0.479 e. The normalized spacial score (nSPS) is 21.4. The summed E-state index contributed by atoms with van der Waals surface area (Å²) in [6.45, 7) is 4.30. The molecule has 0 bridgehead atoms. The second-order valence-electron chi connectivity index (χ2n) is 5.62. The summed E-state index contributed by atoms with van der Waals surface area (Å²) in [6.07, 6.45) is 1.68. The van der Waals surface area contributed by atoms with Gasteiger partial charge in [-0.1, -0.05) is 24.6 Å². The Morgan fingerprint density at radius 3 is 2.48 bits per heavy atom. The summed E-state index contributed by atoms with van der Waals surface area (Å²) >= 11 is 0. The fraction of sp³-hybridized carbons (Fsp3) is 0.500. The van der Waals surface area contributed by atoms with Gasteiger partial charge in [0, 0.05) is 19.3 Å². The number of hydrogen-bond donors (Lipinski definition) is 1. The zero-order valence-corrected chi connectivity index (χ0v) is 12.8. The van der Waals surface area contributed by atoms with Crippen LogP contribution in [0, 0.1) is 6.92 Å². The molecule has 1 unspecified atom stereocenters. The van der Waals surface area contributed by atoms with Gasteiger partial charge in [-0.05, 0) is 38.3 Å².